The van der Waals surface area contributed by atoms with Crippen LogP contribution in [0.25, 0.3) is 0 Å². The molecule has 0 spiro atoms. The monoisotopic (exact) mass is 300 g/mol. The molecule has 0 heterocycles. The lowest BCUT2D eigenvalue weighted by Crippen LogP contribution is -2.30. The molecule has 0 aliphatic carbocycles. The van der Waals surface area contributed by atoms with Crippen LogP contribution in [0.5, 0.6) is 0 Å². The quantitative estimate of drug-likeness (QED) is 0.722. The van der Waals surface area contributed by atoms with E-state index in [1.54, 1.807) is 0 Å². The zero-order chi connectivity index (χ0) is 14.1. The number of carbonyl (C=O) groups is 2. The molecule has 0 aromatic heterocycles. The van der Waals surface area contributed by atoms with Crippen LogP contribution in [0.1, 0.15) is 19.3 Å². The van der Waals surface area contributed by atoms with E-state index >= 15 is 0 Å². The number of amides is 1. The second kappa shape index (κ2) is 10.2. The second-order valence-electron chi connectivity index (χ2n) is 4.50. The highest BCUT2D eigenvalue weighted by molar-refractivity contribution is 5.92. The van der Waals surface area contributed by atoms with Gasteiger partial charge in [-0.25, -0.2) is 0 Å². The predicted octanol–water partition coefficient (Wildman–Crippen LogP) is 2.23. The van der Waals surface area contributed by atoms with Crippen LogP contribution < -0.4 is 5.32 Å². The van der Waals surface area contributed by atoms with Gasteiger partial charge in [-0.1, -0.05) is 18.2 Å². The van der Waals surface area contributed by atoms with Gasteiger partial charge in [0.1, 0.15) is 0 Å². The van der Waals surface area contributed by atoms with E-state index < -0.39 is 5.97 Å². The number of nitrogens with one attached hydrogen (secondary N) is 1. The minimum atomic E-state index is -0.774. The summed E-state index contributed by atoms with van der Waals surface area (Å²) in [5.41, 5.74) is 0.784. The number of unbranched alkanes of at least 4 members (excludes halogenated alkanes) is 1. The number of carbonyl (C=O) groups excluding carboxylic acids is 1. The minimum absolute atomic E-state index is 0. The number of rotatable bonds is 8. The number of aliphatic carboxylic acids is 1. The van der Waals surface area contributed by atoms with Gasteiger partial charge in [0, 0.05) is 12.1 Å². The number of para-hydroxylation sites is 1. The van der Waals surface area contributed by atoms with Crippen LogP contribution in [-0.2, 0) is 9.59 Å². The maximum Gasteiger partial charge on any atom is 0.303 e. The lowest BCUT2D eigenvalue weighted by Gasteiger charge is -2.15. The fourth-order valence-corrected chi connectivity index (χ4v) is 1.70. The predicted molar refractivity (Wildman–Crippen MR) is 81.3 cm³/mol. The summed E-state index contributed by atoms with van der Waals surface area (Å²) in [4.78, 5) is 24.0. The Labute approximate surface area is 125 Å². The third-order valence-electron chi connectivity index (χ3n) is 2.65. The van der Waals surface area contributed by atoms with Gasteiger partial charge in [-0.05, 0) is 38.6 Å². The van der Waals surface area contributed by atoms with Gasteiger partial charge in [-0.3, -0.25) is 14.5 Å². The van der Waals surface area contributed by atoms with Crippen molar-refractivity contribution in [1.29, 1.82) is 0 Å². The Kier molecular flexibility index (Phi) is 9.41. The highest BCUT2D eigenvalue weighted by atomic mass is 35.5. The van der Waals surface area contributed by atoms with Crippen molar-refractivity contribution in [2.75, 3.05) is 25.5 Å². The van der Waals surface area contributed by atoms with Crippen molar-refractivity contribution in [3.63, 3.8) is 0 Å². The Morgan fingerprint density at radius 1 is 1.20 bits per heavy atom. The molecule has 0 atom stereocenters. The molecule has 0 radical (unpaired) electrons. The van der Waals surface area contributed by atoms with Gasteiger partial charge in [0.05, 0.1) is 6.54 Å². The normalized spacial score (nSPS) is 9.90. The van der Waals surface area contributed by atoms with Gasteiger partial charge in [-0.2, -0.15) is 0 Å². The fourth-order valence-electron chi connectivity index (χ4n) is 1.70. The number of hydrogen-bond acceptors (Lipinski definition) is 3. The fraction of sp³-hybridized carbons (Fsp3) is 0.429. The van der Waals surface area contributed by atoms with E-state index in [4.69, 9.17) is 5.11 Å². The molecule has 1 aromatic rings. The van der Waals surface area contributed by atoms with Gasteiger partial charge in [-0.15, -0.1) is 12.4 Å². The number of nitrogens with zero attached hydrogens (tertiary/aromatic N) is 1. The largest absolute Gasteiger partial charge is 0.481 e. The van der Waals surface area contributed by atoms with Crippen LogP contribution in [0.2, 0.25) is 0 Å². The third-order valence-corrected chi connectivity index (χ3v) is 2.65. The lowest BCUT2D eigenvalue weighted by molar-refractivity contribution is -0.137. The van der Waals surface area contributed by atoms with Crippen LogP contribution >= 0.6 is 12.4 Å². The molecule has 1 rings (SSSR count). The Morgan fingerprint density at radius 3 is 2.45 bits per heavy atom. The lowest BCUT2D eigenvalue weighted by atomic mass is 10.2. The van der Waals surface area contributed by atoms with E-state index in [1.165, 1.54) is 0 Å². The Morgan fingerprint density at radius 2 is 1.85 bits per heavy atom. The van der Waals surface area contributed by atoms with Crippen molar-refractivity contribution in [3.8, 4) is 0 Å². The van der Waals surface area contributed by atoms with Gasteiger partial charge in [0.2, 0.25) is 5.91 Å². The highest BCUT2D eigenvalue weighted by Crippen LogP contribution is 2.05. The topological polar surface area (TPSA) is 69.6 Å². The molecule has 0 bridgehead atoms. The number of likely N-dealkylation sites (N-methyl/N-ethyl adjacent to an activating group) is 1. The van der Waals surface area contributed by atoms with Gasteiger partial charge < -0.3 is 10.4 Å². The van der Waals surface area contributed by atoms with Crippen LogP contribution in [0, 0.1) is 0 Å². The van der Waals surface area contributed by atoms with Crippen molar-refractivity contribution < 1.29 is 14.7 Å². The van der Waals surface area contributed by atoms with Crippen LogP contribution in [0.4, 0.5) is 5.69 Å². The van der Waals surface area contributed by atoms with Crippen molar-refractivity contribution in [3.05, 3.63) is 30.3 Å². The number of anilines is 1. The Balaban J connectivity index is 0.00000361. The first kappa shape index (κ1) is 18.4. The molecule has 1 aromatic carbocycles. The minimum Gasteiger partial charge on any atom is -0.481 e. The maximum atomic E-state index is 11.7. The molecular formula is C14H21ClN2O3. The van der Waals surface area contributed by atoms with E-state index in [0.717, 1.165) is 18.7 Å². The van der Waals surface area contributed by atoms with Crippen molar-refractivity contribution in [1.82, 2.24) is 4.90 Å². The van der Waals surface area contributed by atoms with Crippen LogP contribution in [-0.4, -0.2) is 42.0 Å². The van der Waals surface area contributed by atoms with E-state index in [2.05, 4.69) is 5.32 Å². The third kappa shape index (κ3) is 8.50. The van der Waals surface area contributed by atoms with Crippen LogP contribution in [0.15, 0.2) is 30.3 Å². The van der Waals surface area contributed by atoms with E-state index in [1.807, 2.05) is 42.3 Å². The summed E-state index contributed by atoms with van der Waals surface area (Å²) in [5, 5.41) is 11.3. The summed E-state index contributed by atoms with van der Waals surface area (Å²) in [6, 6.07) is 9.30. The van der Waals surface area contributed by atoms with Crippen molar-refractivity contribution >= 4 is 30.0 Å². The number of carboxylic acid groups (broad SMARTS) is 1. The molecule has 1 amide bonds. The number of halogens is 1. The molecule has 112 valence electrons. The van der Waals surface area contributed by atoms with Crippen LogP contribution in [0.3, 0.4) is 0 Å². The first-order chi connectivity index (χ1) is 9.08. The summed E-state index contributed by atoms with van der Waals surface area (Å²) in [6.07, 6.45) is 1.60. The Bertz CT molecular complexity index is 412. The zero-order valence-electron chi connectivity index (χ0n) is 11.5. The van der Waals surface area contributed by atoms with Gasteiger partial charge >= 0.3 is 5.97 Å². The molecule has 0 saturated carbocycles. The number of carboxylic acids is 1. The molecule has 6 heteroatoms. The number of hydrogen-bond donors (Lipinski definition) is 2. The summed E-state index contributed by atoms with van der Waals surface area (Å²) >= 11 is 0. The van der Waals surface area contributed by atoms with Crippen molar-refractivity contribution in [2.45, 2.75) is 19.3 Å². The van der Waals surface area contributed by atoms with Gasteiger partial charge in [0.25, 0.3) is 0 Å². The molecule has 0 saturated heterocycles. The smallest absolute Gasteiger partial charge is 0.303 e. The second-order valence-corrected chi connectivity index (χ2v) is 4.50. The summed E-state index contributed by atoms with van der Waals surface area (Å²) in [6.45, 7) is 1.03. The SMILES string of the molecule is CN(CCCCC(=O)O)CC(=O)Nc1ccccc1.Cl. The first-order valence-electron chi connectivity index (χ1n) is 6.33. The molecule has 0 aliphatic heterocycles. The first-order valence-corrected chi connectivity index (χ1v) is 6.33. The molecular weight excluding hydrogens is 280 g/mol. The molecule has 5 nitrogen and oxygen atoms in total. The molecule has 0 aliphatic rings. The number of benzene rings is 1. The average molecular weight is 301 g/mol. The Hall–Kier alpha value is -1.59. The zero-order valence-corrected chi connectivity index (χ0v) is 12.4. The highest BCUT2D eigenvalue weighted by Gasteiger charge is 2.06. The maximum absolute atomic E-state index is 11.7. The standard InChI is InChI=1S/C14H20N2O3.ClH/c1-16(10-6-5-9-14(18)19)11-13(17)15-12-7-3-2-4-8-12;/h2-4,7-8H,5-6,9-11H2,1H3,(H,15,17)(H,18,19);1H. The van der Waals surface area contributed by atoms with Gasteiger partial charge in [0.15, 0.2) is 0 Å². The summed E-state index contributed by atoms with van der Waals surface area (Å²) in [5.74, 6) is -0.837. The van der Waals surface area contributed by atoms with E-state index in [-0.39, 0.29) is 24.7 Å². The average Bonchev–Trinajstić information content (AvgIpc) is 2.35. The molecule has 0 fully saturated rings. The summed E-state index contributed by atoms with van der Waals surface area (Å²) in [7, 11) is 1.85. The molecule has 2 N–H and O–H groups in total. The molecule has 0 unspecified atom stereocenters. The summed E-state index contributed by atoms with van der Waals surface area (Å²) < 4.78 is 0. The van der Waals surface area contributed by atoms with E-state index in [9.17, 15) is 9.59 Å². The molecule has 20 heavy (non-hydrogen) atoms. The van der Waals surface area contributed by atoms with Crippen molar-refractivity contribution in [2.24, 2.45) is 0 Å². The van der Waals surface area contributed by atoms with E-state index in [0.29, 0.717) is 13.0 Å².